The third-order valence-electron chi connectivity index (χ3n) is 2.86. The number of hydrogen-bond donors (Lipinski definition) is 1. The normalized spacial score (nSPS) is 12.7. The van der Waals surface area contributed by atoms with E-state index in [9.17, 15) is 14.0 Å². The summed E-state index contributed by atoms with van der Waals surface area (Å²) in [6.45, 7) is 5.49. The van der Waals surface area contributed by atoms with Crippen molar-refractivity contribution in [2.75, 3.05) is 7.11 Å². The number of carbonyl (C=O) groups excluding carboxylic acids is 2. The third kappa shape index (κ3) is 4.64. The van der Waals surface area contributed by atoms with Crippen molar-refractivity contribution >= 4 is 11.9 Å². The van der Waals surface area contributed by atoms with Crippen LogP contribution in [0.15, 0.2) is 24.3 Å². The summed E-state index contributed by atoms with van der Waals surface area (Å²) in [4.78, 5) is 23.7. The first-order chi connectivity index (χ1) is 9.24. The van der Waals surface area contributed by atoms with E-state index < -0.39 is 23.2 Å². The minimum atomic E-state index is -0.742. The Labute approximate surface area is 118 Å². The van der Waals surface area contributed by atoms with Crippen LogP contribution < -0.4 is 5.32 Å². The van der Waals surface area contributed by atoms with Crippen LogP contribution in [0, 0.1) is 11.2 Å². The van der Waals surface area contributed by atoms with Crippen molar-refractivity contribution in [2.45, 2.75) is 33.2 Å². The van der Waals surface area contributed by atoms with Gasteiger partial charge in [-0.2, -0.15) is 0 Å². The molecule has 0 saturated heterocycles. The number of nitrogens with one attached hydrogen (secondary N) is 1. The van der Waals surface area contributed by atoms with Crippen LogP contribution in [-0.4, -0.2) is 25.0 Å². The number of rotatable bonds is 4. The monoisotopic (exact) mass is 281 g/mol. The molecule has 1 amide bonds. The summed E-state index contributed by atoms with van der Waals surface area (Å²) >= 11 is 0. The zero-order chi connectivity index (χ0) is 15.3. The first kappa shape index (κ1) is 16.1. The molecule has 5 heteroatoms. The van der Waals surface area contributed by atoms with Gasteiger partial charge in [-0.15, -0.1) is 0 Å². The minimum absolute atomic E-state index is 0.0152. The molecule has 1 rings (SSSR count). The van der Waals surface area contributed by atoms with Gasteiger partial charge >= 0.3 is 5.97 Å². The van der Waals surface area contributed by atoms with Crippen LogP contribution in [0.2, 0.25) is 0 Å². The summed E-state index contributed by atoms with van der Waals surface area (Å²) in [5, 5.41) is 2.64. The second-order valence-electron chi connectivity index (χ2n) is 5.70. The SMILES string of the molecule is COC(=O)[C@@H](NC(=O)Cc1cccc(F)c1)C(C)(C)C. The van der Waals surface area contributed by atoms with Gasteiger partial charge in [0, 0.05) is 0 Å². The number of hydrogen-bond acceptors (Lipinski definition) is 3. The Balaban J connectivity index is 2.74. The predicted molar refractivity (Wildman–Crippen MR) is 73.5 cm³/mol. The molecule has 0 aliphatic heterocycles. The largest absolute Gasteiger partial charge is 0.467 e. The molecule has 0 spiro atoms. The lowest BCUT2D eigenvalue weighted by Gasteiger charge is -2.29. The summed E-state index contributed by atoms with van der Waals surface area (Å²) in [5.41, 5.74) is 0.0880. The maximum absolute atomic E-state index is 13.0. The van der Waals surface area contributed by atoms with Gasteiger partial charge in [0.15, 0.2) is 0 Å². The number of benzene rings is 1. The molecule has 1 atom stereocenters. The quantitative estimate of drug-likeness (QED) is 0.860. The Bertz CT molecular complexity index is 494. The first-order valence-electron chi connectivity index (χ1n) is 6.35. The Morgan fingerprint density at radius 3 is 2.50 bits per heavy atom. The smallest absolute Gasteiger partial charge is 0.328 e. The second kappa shape index (κ2) is 6.50. The Kier molecular flexibility index (Phi) is 5.25. The van der Waals surface area contributed by atoms with Gasteiger partial charge in [0.1, 0.15) is 11.9 Å². The number of ether oxygens (including phenoxy) is 1. The fourth-order valence-electron chi connectivity index (χ4n) is 1.79. The first-order valence-corrected chi connectivity index (χ1v) is 6.35. The fourth-order valence-corrected chi connectivity index (χ4v) is 1.79. The lowest BCUT2D eigenvalue weighted by Crippen LogP contribution is -2.50. The van der Waals surface area contributed by atoms with E-state index in [0.29, 0.717) is 5.56 Å². The van der Waals surface area contributed by atoms with Gasteiger partial charge in [-0.05, 0) is 23.1 Å². The molecule has 1 N–H and O–H groups in total. The van der Waals surface area contributed by atoms with Crippen molar-refractivity contribution in [3.05, 3.63) is 35.6 Å². The highest BCUT2D eigenvalue weighted by Gasteiger charge is 2.33. The van der Waals surface area contributed by atoms with E-state index in [-0.39, 0.29) is 12.3 Å². The van der Waals surface area contributed by atoms with Crippen molar-refractivity contribution < 1.29 is 18.7 Å². The van der Waals surface area contributed by atoms with E-state index >= 15 is 0 Å². The fraction of sp³-hybridized carbons (Fsp3) is 0.467. The maximum atomic E-state index is 13.0. The van der Waals surface area contributed by atoms with Crippen molar-refractivity contribution in [1.29, 1.82) is 0 Å². The summed E-state index contributed by atoms with van der Waals surface area (Å²) in [5.74, 6) is -1.23. The molecule has 1 aromatic rings. The van der Waals surface area contributed by atoms with Crippen molar-refractivity contribution in [1.82, 2.24) is 5.32 Å². The van der Waals surface area contributed by atoms with Crippen LogP contribution in [-0.2, 0) is 20.7 Å². The molecule has 0 aliphatic rings. The molecule has 0 unspecified atom stereocenters. The topological polar surface area (TPSA) is 55.4 Å². The van der Waals surface area contributed by atoms with E-state index in [4.69, 9.17) is 4.74 Å². The van der Waals surface area contributed by atoms with Crippen molar-refractivity contribution in [3.63, 3.8) is 0 Å². The van der Waals surface area contributed by atoms with E-state index in [1.54, 1.807) is 12.1 Å². The molecule has 1 aromatic carbocycles. The lowest BCUT2D eigenvalue weighted by molar-refractivity contribution is -0.148. The average molecular weight is 281 g/mol. The summed E-state index contributed by atoms with van der Waals surface area (Å²) < 4.78 is 17.7. The predicted octanol–water partition coefficient (Wildman–Crippen LogP) is 2.07. The molecule has 0 aliphatic carbocycles. The van der Waals surface area contributed by atoms with Crippen LogP contribution in [0.1, 0.15) is 26.3 Å². The van der Waals surface area contributed by atoms with E-state index in [1.165, 1.54) is 19.2 Å². The van der Waals surface area contributed by atoms with Crippen LogP contribution in [0.4, 0.5) is 4.39 Å². The van der Waals surface area contributed by atoms with Crippen molar-refractivity contribution in [3.8, 4) is 0 Å². The minimum Gasteiger partial charge on any atom is -0.467 e. The Morgan fingerprint density at radius 2 is 2.00 bits per heavy atom. The van der Waals surface area contributed by atoms with Gasteiger partial charge in [0.05, 0.1) is 13.5 Å². The van der Waals surface area contributed by atoms with Gasteiger partial charge < -0.3 is 10.1 Å². The van der Waals surface area contributed by atoms with E-state index in [2.05, 4.69) is 5.32 Å². The molecule has 0 fully saturated rings. The molecular weight excluding hydrogens is 261 g/mol. The zero-order valence-corrected chi connectivity index (χ0v) is 12.2. The van der Waals surface area contributed by atoms with Crippen LogP contribution in [0.5, 0.6) is 0 Å². The molecule has 0 bridgehead atoms. The highest BCUT2D eigenvalue weighted by Crippen LogP contribution is 2.20. The summed E-state index contributed by atoms with van der Waals surface area (Å²) in [6, 6.07) is 5.07. The molecule has 0 radical (unpaired) electrons. The Hall–Kier alpha value is -1.91. The maximum Gasteiger partial charge on any atom is 0.328 e. The number of methoxy groups -OCH3 is 1. The average Bonchev–Trinajstić information content (AvgIpc) is 2.33. The van der Waals surface area contributed by atoms with Gasteiger partial charge in [-0.3, -0.25) is 4.79 Å². The molecule has 110 valence electrons. The van der Waals surface area contributed by atoms with Gasteiger partial charge in [-0.1, -0.05) is 32.9 Å². The zero-order valence-electron chi connectivity index (χ0n) is 12.2. The number of amides is 1. The van der Waals surface area contributed by atoms with E-state index in [1.807, 2.05) is 20.8 Å². The number of carbonyl (C=O) groups is 2. The summed E-state index contributed by atoms with van der Waals surface area (Å²) in [6.07, 6.45) is 0.0152. The summed E-state index contributed by atoms with van der Waals surface area (Å²) in [7, 11) is 1.28. The second-order valence-corrected chi connectivity index (χ2v) is 5.70. The Morgan fingerprint density at radius 1 is 1.35 bits per heavy atom. The highest BCUT2D eigenvalue weighted by molar-refractivity contribution is 5.86. The standard InChI is InChI=1S/C15H20FNO3/c1-15(2,3)13(14(19)20-4)17-12(18)9-10-6-5-7-11(16)8-10/h5-8,13H,9H2,1-4H3,(H,17,18)/t13-/m1/s1. The highest BCUT2D eigenvalue weighted by atomic mass is 19.1. The molecule has 0 heterocycles. The number of esters is 1. The molecule has 20 heavy (non-hydrogen) atoms. The van der Waals surface area contributed by atoms with E-state index in [0.717, 1.165) is 0 Å². The molecular formula is C15H20FNO3. The van der Waals surface area contributed by atoms with Crippen molar-refractivity contribution in [2.24, 2.45) is 5.41 Å². The van der Waals surface area contributed by atoms with Crippen LogP contribution in [0.3, 0.4) is 0 Å². The molecule has 0 aromatic heterocycles. The van der Waals surface area contributed by atoms with Gasteiger partial charge in [-0.25, -0.2) is 9.18 Å². The van der Waals surface area contributed by atoms with Crippen LogP contribution >= 0.6 is 0 Å². The molecule has 0 saturated carbocycles. The molecule has 4 nitrogen and oxygen atoms in total. The number of halogens is 1. The lowest BCUT2D eigenvalue weighted by atomic mass is 9.86. The van der Waals surface area contributed by atoms with Gasteiger partial charge in [0.25, 0.3) is 0 Å². The third-order valence-corrected chi connectivity index (χ3v) is 2.86. The van der Waals surface area contributed by atoms with Gasteiger partial charge in [0.2, 0.25) is 5.91 Å². The van der Waals surface area contributed by atoms with Crippen LogP contribution in [0.25, 0.3) is 0 Å².